The van der Waals surface area contributed by atoms with Crippen molar-refractivity contribution in [2.24, 2.45) is 0 Å². The molecular weight excluding hydrogens is 479 g/mol. The minimum Gasteiger partial charge on any atom is -0.309 e. The van der Waals surface area contributed by atoms with Gasteiger partial charge >= 0.3 is 0 Å². The Bertz CT molecular complexity index is 2250. The van der Waals surface area contributed by atoms with Crippen molar-refractivity contribution in [3.63, 3.8) is 0 Å². The maximum atomic E-state index is 15.6. The number of hydrogen-bond acceptors (Lipinski definition) is 1. The summed E-state index contributed by atoms with van der Waals surface area (Å²) < 4.78 is 15.6. The van der Waals surface area contributed by atoms with Crippen molar-refractivity contribution in [2.45, 2.75) is 0 Å². The molecule has 0 atom stereocenters. The van der Waals surface area contributed by atoms with Crippen LogP contribution in [0.1, 0.15) is 0 Å². The highest BCUT2D eigenvalue weighted by Gasteiger charge is 2.33. The Kier molecular flexibility index (Phi) is 3.85. The lowest BCUT2D eigenvalue weighted by molar-refractivity contribution is 0.592. The first-order valence-electron chi connectivity index (χ1n) is 13.1. The highest BCUT2D eigenvalue weighted by Crippen LogP contribution is 2.51. The standard InChI is InChI=1S/C36H21OP/c37-38(27-7-3-1-4-8-27,28-9-5-2-6-10-28)30-21-26-18-17-24-14-12-22-11-13-23-15-16-25-19-20-29(30)36-34(25)32(23)31(22)33(24)35(26)36/h1-21H. The molecule has 0 radical (unpaired) electrons. The Hall–Kier alpha value is -4.45. The van der Waals surface area contributed by atoms with E-state index in [1.807, 2.05) is 60.7 Å². The molecule has 38 heavy (non-hydrogen) atoms. The van der Waals surface area contributed by atoms with Crippen molar-refractivity contribution >= 4 is 87.7 Å². The van der Waals surface area contributed by atoms with Crippen LogP contribution in [-0.2, 0) is 4.57 Å². The summed E-state index contributed by atoms with van der Waals surface area (Å²) in [5.41, 5.74) is 0. The fraction of sp³-hybridized carbons (Fsp3) is 0. The van der Waals surface area contributed by atoms with E-state index >= 15 is 4.57 Å². The molecule has 9 aromatic rings. The van der Waals surface area contributed by atoms with Gasteiger partial charge in [-0.3, -0.25) is 0 Å². The van der Waals surface area contributed by atoms with Crippen LogP contribution in [0.3, 0.4) is 0 Å². The molecule has 176 valence electrons. The fourth-order valence-corrected chi connectivity index (χ4v) is 9.82. The van der Waals surface area contributed by atoms with Crippen LogP contribution in [0.2, 0.25) is 0 Å². The Morgan fingerprint density at radius 3 is 1.21 bits per heavy atom. The molecule has 2 heteroatoms. The minimum atomic E-state index is -3.17. The van der Waals surface area contributed by atoms with Crippen LogP contribution in [-0.4, -0.2) is 0 Å². The van der Waals surface area contributed by atoms with Gasteiger partial charge in [-0.2, -0.15) is 0 Å². The van der Waals surface area contributed by atoms with Gasteiger partial charge in [0.25, 0.3) is 0 Å². The molecule has 0 aliphatic heterocycles. The van der Waals surface area contributed by atoms with Crippen LogP contribution >= 0.6 is 7.14 Å². The summed E-state index contributed by atoms with van der Waals surface area (Å²) in [6.45, 7) is 0. The summed E-state index contributed by atoms with van der Waals surface area (Å²) in [6.07, 6.45) is 0. The second-order valence-electron chi connectivity index (χ2n) is 10.4. The molecule has 0 N–H and O–H groups in total. The van der Waals surface area contributed by atoms with Crippen molar-refractivity contribution in [1.29, 1.82) is 0 Å². The number of hydrogen-bond donors (Lipinski definition) is 0. The van der Waals surface area contributed by atoms with Crippen LogP contribution < -0.4 is 15.9 Å². The summed E-state index contributed by atoms with van der Waals surface area (Å²) in [4.78, 5) is 0. The quantitative estimate of drug-likeness (QED) is 0.135. The van der Waals surface area contributed by atoms with Crippen molar-refractivity contribution < 1.29 is 4.57 Å². The molecule has 0 aliphatic carbocycles. The molecule has 9 rings (SSSR count). The predicted octanol–water partition coefficient (Wildman–Crippen LogP) is 8.56. The van der Waals surface area contributed by atoms with Gasteiger partial charge in [0.15, 0.2) is 7.14 Å². The van der Waals surface area contributed by atoms with E-state index in [0.29, 0.717) is 0 Å². The van der Waals surface area contributed by atoms with Gasteiger partial charge in [-0.05, 0) is 70.7 Å². The lowest BCUT2D eigenvalue weighted by Crippen LogP contribution is -2.25. The Balaban J connectivity index is 1.58. The smallest absolute Gasteiger partial charge is 0.171 e. The molecule has 0 fully saturated rings. The van der Waals surface area contributed by atoms with Crippen LogP contribution in [0.4, 0.5) is 0 Å². The number of rotatable bonds is 3. The van der Waals surface area contributed by atoms with E-state index in [2.05, 4.69) is 66.7 Å². The SMILES string of the molecule is O=P(c1ccccc1)(c1ccccc1)c1cc2ccc3ccc4ccc5ccc6ccc1c1c6c5c4c3c21. The summed E-state index contributed by atoms with van der Waals surface area (Å²) in [5.74, 6) is 0. The van der Waals surface area contributed by atoms with Gasteiger partial charge in [0.05, 0.1) is 0 Å². The van der Waals surface area contributed by atoms with E-state index in [4.69, 9.17) is 0 Å². The van der Waals surface area contributed by atoms with E-state index in [-0.39, 0.29) is 0 Å². The van der Waals surface area contributed by atoms with Gasteiger partial charge in [-0.25, -0.2) is 0 Å². The largest absolute Gasteiger partial charge is 0.309 e. The molecule has 0 saturated carbocycles. The zero-order chi connectivity index (χ0) is 25.0. The van der Waals surface area contributed by atoms with Crippen molar-refractivity contribution in [3.05, 3.63) is 127 Å². The molecule has 0 aromatic heterocycles. The first kappa shape index (κ1) is 20.6. The third-order valence-electron chi connectivity index (χ3n) is 8.56. The van der Waals surface area contributed by atoms with Crippen LogP contribution in [0.15, 0.2) is 127 Å². The highest BCUT2D eigenvalue weighted by atomic mass is 31.2. The molecule has 0 amide bonds. The average Bonchev–Trinajstić information content (AvgIpc) is 2.99. The lowest BCUT2D eigenvalue weighted by Gasteiger charge is -2.26. The van der Waals surface area contributed by atoms with Crippen molar-refractivity contribution in [3.8, 4) is 0 Å². The lowest BCUT2D eigenvalue weighted by atomic mass is 9.83. The molecule has 1 nitrogen and oxygen atoms in total. The maximum Gasteiger partial charge on any atom is 0.171 e. The first-order chi connectivity index (χ1) is 18.7. The Morgan fingerprint density at radius 2 is 0.737 bits per heavy atom. The maximum absolute atomic E-state index is 15.6. The zero-order valence-corrected chi connectivity index (χ0v) is 21.4. The summed E-state index contributed by atoms with van der Waals surface area (Å²) in [5, 5.41) is 17.7. The third-order valence-corrected chi connectivity index (χ3v) is 11.7. The molecule has 9 aromatic carbocycles. The molecule has 0 aliphatic rings. The van der Waals surface area contributed by atoms with Gasteiger partial charge in [0, 0.05) is 15.9 Å². The monoisotopic (exact) mass is 500 g/mol. The topological polar surface area (TPSA) is 17.1 Å². The Morgan fingerprint density at radius 1 is 0.368 bits per heavy atom. The minimum absolute atomic E-state index is 0.866. The number of benzene rings is 9. The summed E-state index contributed by atoms with van der Waals surface area (Å²) in [7, 11) is -3.17. The van der Waals surface area contributed by atoms with E-state index < -0.39 is 7.14 Å². The first-order valence-corrected chi connectivity index (χ1v) is 14.8. The molecule has 0 spiro atoms. The summed E-state index contributed by atoms with van der Waals surface area (Å²) >= 11 is 0. The van der Waals surface area contributed by atoms with E-state index in [9.17, 15) is 0 Å². The van der Waals surface area contributed by atoms with E-state index in [0.717, 1.165) is 26.7 Å². The molecule has 0 unspecified atom stereocenters. The highest BCUT2D eigenvalue weighted by molar-refractivity contribution is 7.85. The van der Waals surface area contributed by atoms with E-state index in [1.165, 1.54) is 53.9 Å². The molecule has 0 heterocycles. The van der Waals surface area contributed by atoms with Crippen LogP contribution in [0, 0.1) is 0 Å². The predicted molar refractivity (Wildman–Crippen MR) is 164 cm³/mol. The van der Waals surface area contributed by atoms with Gasteiger partial charge in [0.1, 0.15) is 0 Å². The Labute approximate surface area is 219 Å². The average molecular weight is 501 g/mol. The summed E-state index contributed by atoms with van der Waals surface area (Å²) in [6, 6.07) is 44.6. The van der Waals surface area contributed by atoms with E-state index in [1.54, 1.807) is 0 Å². The van der Waals surface area contributed by atoms with Crippen LogP contribution in [0.25, 0.3) is 64.6 Å². The van der Waals surface area contributed by atoms with Crippen molar-refractivity contribution in [2.75, 3.05) is 0 Å². The molecule has 0 saturated heterocycles. The van der Waals surface area contributed by atoms with Crippen LogP contribution in [0.5, 0.6) is 0 Å². The normalized spacial score (nSPS) is 12.8. The second-order valence-corrected chi connectivity index (χ2v) is 13.2. The van der Waals surface area contributed by atoms with Crippen molar-refractivity contribution in [1.82, 2.24) is 0 Å². The zero-order valence-electron chi connectivity index (χ0n) is 20.5. The van der Waals surface area contributed by atoms with Gasteiger partial charge in [-0.1, -0.05) is 121 Å². The third kappa shape index (κ3) is 2.41. The van der Waals surface area contributed by atoms with Gasteiger partial charge < -0.3 is 4.57 Å². The molecule has 0 bridgehead atoms. The second kappa shape index (κ2) is 7.10. The van der Waals surface area contributed by atoms with Gasteiger partial charge in [0.2, 0.25) is 0 Å². The van der Waals surface area contributed by atoms with Gasteiger partial charge in [-0.15, -0.1) is 0 Å². The fourth-order valence-electron chi connectivity index (χ4n) is 6.93. The molecular formula is C36H21OP.